The largest absolute Gasteiger partial charge is 0.450 e. The molecule has 0 spiro atoms. The number of carbonyl (C=O) groups is 3. The lowest BCUT2D eigenvalue weighted by Gasteiger charge is -2.32. The zero-order valence-electron chi connectivity index (χ0n) is 22.0. The number of anilines is 1. The van der Waals surface area contributed by atoms with Gasteiger partial charge in [0.05, 0.1) is 18.2 Å². The Morgan fingerprint density at radius 1 is 0.974 bits per heavy atom. The van der Waals surface area contributed by atoms with Crippen molar-refractivity contribution in [1.82, 2.24) is 15.1 Å². The lowest BCUT2D eigenvalue weighted by Crippen LogP contribution is -2.47. The van der Waals surface area contributed by atoms with Gasteiger partial charge in [0.25, 0.3) is 5.91 Å². The zero-order valence-corrected chi connectivity index (χ0v) is 22.0. The Morgan fingerprint density at radius 2 is 1.63 bits per heavy atom. The summed E-state index contributed by atoms with van der Waals surface area (Å²) in [6.45, 7) is 6.41. The van der Waals surface area contributed by atoms with Gasteiger partial charge in [-0.3, -0.25) is 4.79 Å². The number of hydrogen-bond donors (Lipinski definition) is 2. The van der Waals surface area contributed by atoms with Crippen molar-refractivity contribution in [3.8, 4) is 6.07 Å². The van der Waals surface area contributed by atoms with E-state index in [1.54, 1.807) is 24.0 Å². The standard InChI is InChI=1S/C29H35N5O4/c1-3-38-29(37)34-16-12-25(13-17-34)31-28(36)32-26-18-24(7-4-20(26)2)27(35)33-14-10-23(11-15-33)22-8-5-21(19-30)6-9-22/h4-9,18,23,25H,3,10-17H2,1-2H3,(H2,31,32,36). The summed E-state index contributed by atoms with van der Waals surface area (Å²) >= 11 is 0. The van der Waals surface area contributed by atoms with Crippen LogP contribution in [0.3, 0.4) is 0 Å². The fourth-order valence-corrected chi connectivity index (χ4v) is 5.08. The van der Waals surface area contributed by atoms with Crippen molar-refractivity contribution in [3.05, 3.63) is 64.7 Å². The normalized spacial score (nSPS) is 16.4. The van der Waals surface area contributed by atoms with Crippen LogP contribution in [0.4, 0.5) is 15.3 Å². The molecule has 2 N–H and O–H groups in total. The van der Waals surface area contributed by atoms with Gasteiger partial charge < -0.3 is 25.2 Å². The van der Waals surface area contributed by atoms with E-state index in [1.165, 1.54) is 5.56 Å². The zero-order chi connectivity index (χ0) is 27.1. The van der Waals surface area contributed by atoms with Crippen LogP contribution in [0.25, 0.3) is 0 Å². The summed E-state index contributed by atoms with van der Waals surface area (Å²) in [6.07, 6.45) is 2.73. The highest BCUT2D eigenvalue weighted by atomic mass is 16.6. The molecule has 0 atom stereocenters. The first-order valence-electron chi connectivity index (χ1n) is 13.3. The number of likely N-dealkylation sites (tertiary alicyclic amines) is 2. The van der Waals surface area contributed by atoms with Crippen molar-refractivity contribution in [2.75, 3.05) is 38.1 Å². The third-order valence-corrected chi connectivity index (χ3v) is 7.38. The van der Waals surface area contributed by atoms with Gasteiger partial charge in [-0.1, -0.05) is 18.2 Å². The Bertz CT molecular complexity index is 1190. The number of benzene rings is 2. The molecule has 4 amide bonds. The quantitative estimate of drug-likeness (QED) is 0.600. The molecule has 2 fully saturated rings. The van der Waals surface area contributed by atoms with Crippen molar-refractivity contribution in [2.24, 2.45) is 0 Å². The number of rotatable bonds is 5. The number of nitrogens with zero attached hydrogens (tertiary/aromatic N) is 3. The van der Waals surface area contributed by atoms with E-state index in [-0.39, 0.29) is 24.1 Å². The maximum absolute atomic E-state index is 13.2. The average Bonchev–Trinajstić information content (AvgIpc) is 2.94. The first-order valence-corrected chi connectivity index (χ1v) is 13.3. The molecule has 0 aromatic heterocycles. The molecule has 0 bridgehead atoms. The fraction of sp³-hybridized carbons (Fsp3) is 0.448. The summed E-state index contributed by atoms with van der Waals surface area (Å²) < 4.78 is 5.04. The highest BCUT2D eigenvalue weighted by Crippen LogP contribution is 2.29. The first kappa shape index (κ1) is 27.0. The van der Waals surface area contributed by atoms with E-state index in [2.05, 4.69) is 16.7 Å². The Hall–Kier alpha value is -4.06. The smallest absolute Gasteiger partial charge is 0.409 e. The third kappa shape index (κ3) is 6.62. The van der Waals surface area contributed by atoms with Crippen LogP contribution in [0.1, 0.15) is 65.6 Å². The molecule has 0 aliphatic carbocycles. The molecule has 2 aliphatic rings. The number of nitriles is 1. The molecule has 38 heavy (non-hydrogen) atoms. The number of nitrogens with one attached hydrogen (secondary N) is 2. The van der Waals surface area contributed by atoms with Gasteiger partial charge in [-0.05, 0) is 80.8 Å². The molecule has 0 unspecified atom stereocenters. The topological polar surface area (TPSA) is 115 Å². The maximum Gasteiger partial charge on any atom is 0.409 e. The molecule has 2 aromatic carbocycles. The van der Waals surface area contributed by atoms with Gasteiger partial charge in [0.15, 0.2) is 0 Å². The lowest BCUT2D eigenvalue weighted by atomic mass is 9.89. The van der Waals surface area contributed by atoms with Gasteiger partial charge in [-0.2, -0.15) is 5.26 Å². The van der Waals surface area contributed by atoms with Gasteiger partial charge in [-0.25, -0.2) is 9.59 Å². The van der Waals surface area contributed by atoms with Crippen LogP contribution >= 0.6 is 0 Å². The SMILES string of the molecule is CCOC(=O)N1CCC(NC(=O)Nc2cc(C(=O)N3CCC(c4ccc(C#N)cc4)CC3)ccc2C)CC1. The van der Waals surface area contributed by atoms with Crippen molar-refractivity contribution >= 4 is 23.7 Å². The molecular weight excluding hydrogens is 482 g/mol. The Balaban J connectivity index is 1.29. The second-order valence-corrected chi connectivity index (χ2v) is 9.89. The van der Waals surface area contributed by atoms with Crippen molar-refractivity contribution in [3.63, 3.8) is 0 Å². The molecule has 4 rings (SSSR count). The number of carbonyl (C=O) groups excluding carboxylic acids is 3. The number of ether oxygens (including phenoxy) is 1. The highest BCUT2D eigenvalue weighted by molar-refractivity contribution is 5.97. The number of amides is 4. The second-order valence-electron chi connectivity index (χ2n) is 9.89. The number of hydrogen-bond acceptors (Lipinski definition) is 5. The minimum absolute atomic E-state index is 0.0387. The van der Waals surface area contributed by atoms with Crippen LogP contribution in [0, 0.1) is 18.3 Å². The molecule has 0 radical (unpaired) electrons. The van der Waals surface area contributed by atoms with Crippen molar-refractivity contribution in [1.29, 1.82) is 5.26 Å². The minimum Gasteiger partial charge on any atom is -0.450 e. The number of aryl methyl sites for hydroxylation is 1. The molecular formula is C29H35N5O4. The van der Waals surface area contributed by atoms with Crippen LogP contribution < -0.4 is 10.6 Å². The maximum atomic E-state index is 13.2. The Labute approximate surface area is 223 Å². The van der Waals surface area contributed by atoms with Crippen LogP contribution in [-0.4, -0.2) is 66.7 Å². The van der Waals surface area contributed by atoms with Crippen LogP contribution in [0.5, 0.6) is 0 Å². The molecule has 2 heterocycles. The van der Waals surface area contributed by atoms with E-state index < -0.39 is 0 Å². The van der Waals surface area contributed by atoms with Gasteiger partial charge in [0, 0.05) is 43.5 Å². The number of piperidine rings is 2. The summed E-state index contributed by atoms with van der Waals surface area (Å²) in [6, 6.07) is 14.9. The summed E-state index contributed by atoms with van der Waals surface area (Å²) in [7, 11) is 0. The second kappa shape index (κ2) is 12.5. The van der Waals surface area contributed by atoms with Crippen molar-refractivity contribution in [2.45, 2.75) is 51.5 Å². The molecule has 9 nitrogen and oxygen atoms in total. The van der Waals surface area contributed by atoms with E-state index in [4.69, 9.17) is 10.00 Å². The van der Waals surface area contributed by atoms with Gasteiger partial charge >= 0.3 is 12.1 Å². The molecule has 2 saturated heterocycles. The fourth-order valence-electron chi connectivity index (χ4n) is 5.08. The van der Waals surface area contributed by atoms with E-state index in [0.717, 1.165) is 18.4 Å². The van der Waals surface area contributed by atoms with Gasteiger partial charge in [-0.15, -0.1) is 0 Å². The average molecular weight is 518 g/mol. The molecule has 2 aliphatic heterocycles. The predicted octanol–water partition coefficient (Wildman–Crippen LogP) is 4.63. The summed E-state index contributed by atoms with van der Waals surface area (Å²) in [5, 5.41) is 14.9. The lowest BCUT2D eigenvalue weighted by molar-refractivity contribution is 0.0712. The summed E-state index contributed by atoms with van der Waals surface area (Å²) in [4.78, 5) is 41.3. The Morgan fingerprint density at radius 3 is 2.26 bits per heavy atom. The number of urea groups is 1. The minimum atomic E-state index is -0.324. The van der Waals surface area contributed by atoms with Crippen LogP contribution in [-0.2, 0) is 4.74 Å². The van der Waals surface area contributed by atoms with Crippen LogP contribution in [0.2, 0.25) is 0 Å². The van der Waals surface area contributed by atoms with E-state index in [1.807, 2.05) is 42.2 Å². The van der Waals surface area contributed by atoms with Crippen LogP contribution in [0.15, 0.2) is 42.5 Å². The van der Waals surface area contributed by atoms with Gasteiger partial charge in [0.2, 0.25) is 0 Å². The highest BCUT2D eigenvalue weighted by Gasteiger charge is 2.26. The van der Waals surface area contributed by atoms with E-state index >= 15 is 0 Å². The molecule has 2 aromatic rings. The van der Waals surface area contributed by atoms with Gasteiger partial charge in [0.1, 0.15) is 0 Å². The van der Waals surface area contributed by atoms with E-state index in [0.29, 0.717) is 68.4 Å². The molecule has 0 saturated carbocycles. The molecule has 200 valence electrons. The predicted molar refractivity (Wildman–Crippen MR) is 144 cm³/mol. The third-order valence-electron chi connectivity index (χ3n) is 7.38. The molecule has 9 heteroatoms. The van der Waals surface area contributed by atoms with E-state index in [9.17, 15) is 14.4 Å². The summed E-state index contributed by atoms with van der Waals surface area (Å²) in [5.74, 6) is 0.327. The monoisotopic (exact) mass is 517 g/mol. The van der Waals surface area contributed by atoms with Crippen molar-refractivity contribution < 1.29 is 19.1 Å². The summed E-state index contributed by atoms with van der Waals surface area (Å²) in [5.41, 5.74) is 3.87. The Kier molecular flexibility index (Phi) is 8.85. The first-order chi connectivity index (χ1) is 18.4.